The van der Waals surface area contributed by atoms with Crippen molar-refractivity contribution in [2.24, 2.45) is 0 Å². The molecule has 15 heavy (non-hydrogen) atoms. The van der Waals surface area contributed by atoms with E-state index in [1.807, 2.05) is 0 Å². The highest BCUT2D eigenvalue weighted by molar-refractivity contribution is 6.30. The van der Waals surface area contributed by atoms with Gasteiger partial charge in [0.25, 0.3) is 0 Å². The van der Waals surface area contributed by atoms with Crippen molar-refractivity contribution in [1.82, 2.24) is 4.98 Å². The monoisotopic (exact) mass is 229 g/mol. The third-order valence-corrected chi connectivity index (χ3v) is 2.27. The molecule has 1 rings (SSSR count). The largest absolute Gasteiger partial charge is 0.469 e. The number of rotatable bonds is 3. The summed E-state index contributed by atoms with van der Waals surface area (Å²) in [4.78, 5) is 14.9. The number of ether oxygens (including phenoxy) is 1. The van der Waals surface area contributed by atoms with Gasteiger partial charge in [-0.2, -0.15) is 0 Å². The molecule has 0 fully saturated rings. The second-order valence-electron chi connectivity index (χ2n) is 3.13. The minimum Gasteiger partial charge on any atom is -0.469 e. The van der Waals surface area contributed by atoms with Crippen LogP contribution < -0.4 is 0 Å². The number of aryl methyl sites for hydroxylation is 1. The fourth-order valence-electron chi connectivity index (χ4n) is 1.14. The van der Waals surface area contributed by atoms with Crippen molar-refractivity contribution in [3.05, 3.63) is 28.5 Å². The number of hydrogen-bond donors (Lipinski definition) is 1. The summed E-state index contributed by atoms with van der Waals surface area (Å²) in [6, 6.07) is 3.37. The van der Waals surface area contributed by atoms with E-state index in [2.05, 4.69) is 9.72 Å². The maximum Gasteiger partial charge on any atom is 0.308 e. The Morgan fingerprint density at radius 1 is 1.67 bits per heavy atom. The molecule has 1 heterocycles. The first-order chi connectivity index (χ1) is 7.04. The lowest BCUT2D eigenvalue weighted by Crippen LogP contribution is -2.09. The fourth-order valence-corrected chi connectivity index (χ4v) is 1.46. The maximum atomic E-state index is 10.9. The van der Waals surface area contributed by atoms with Crippen molar-refractivity contribution in [2.75, 3.05) is 7.11 Å². The molecule has 0 aliphatic heterocycles. The lowest BCUT2D eigenvalue weighted by molar-refractivity contribution is -0.142. The lowest BCUT2D eigenvalue weighted by Gasteiger charge is -2.10. The van der Waals surface area contributed by atoms with Gasteiger partial charge in [0, 0.05) is 11.3 Å². The maximum absolute atomic E-state index is 10.9. The van der Waals surface area contributed by atoms with Crippen molar-refractivity contribution in [1.29, 1.82) is 0 Å². The molecule has 4 nitrogen and oxygen atoms in total. The summed E-state index contributed by atoms with van der Waals surface area (Å²) >= 11 is 5.83. The number of carbonyl (C=O) groups excluding carboxylic acids is 1. The number of pyridine rings is 1. The zero-order chi connectivity index (χ0) is 11.4. The topological polar surface area (TPSA) is 59.4 Å². The molecule has 0 aliphatic rings. The second kappa shape index (κ2) is 5.09. The summed E-state index contributed by atoms with van der Waals surface area (Å²) < 4.78 is 4.44. The third kappa shape index (κ3) is 3.18. The third-order valence-electron chi connectivity index (χ3n) is 1.96. The van der Waals surface area contributed by atoms with Crippen LogP contribution in [0.25, 0.3) is 0 Å². The Labute approximate surface area is 92.8 Å². The van der Waals surface area contributed by atoms with Crippen molar-refractivity contribution >= 4 is 17.6 Å². The predicted octanol–water partition coefficient (Wildman–Crippen LogP) is 1.64. The molecule has 0 spiro atoms. The summed E-state index contributed by atoms with van der Waals surface area (Å²) in [5.74, 6) is -0.487. The molecular weight excluding hydrogens is 218 g/mol. The number of nitrogens with zero attached hydrogens (tertiary/aromatic N) is 1. The van der Waals surface area contributed by atoms with E-state index in [9.17, 15) is 9.90 Å². The first-order valence-electron chi connectivity index (χ1n) is 4.42. The van der Waals surface area contributed by atoms with E-state index in [0.29, 0.717) is 5.56 Å². The van der Waals surface area contributed by atoms with Gasteiger partial charge in [-0.25, -0.2) is 4.98 Å². The molecule has 82 valence electrons. The Morgan fingerprint density at radius 3 is 2.87 bits per heavy atom. The Kier molecular flexibility index (Phi) is 4.05. The van der Waals surface area contributed by atoms with Crippen LogP contribution >= 0.6 is 11.6 Å². The number of methoxy groups -OCH3 is 1. The van der Waals surface area contributed by atoms with Crippen LogP contribution in [-0.2, 0) is 9.53 Å². The van der Waals surface area contributed by atoms with Gasteiger partial charge < -0.3 is 9.84 Å². The van der Waals surface area contributed by atoms with Gasteiger partial charge in [0.2, 0.25) is 0 Å². The summed E-state index contributed by atoms with van der Waals surface area (Å²) in [6.07, 6.45) is -1.10. The lowest BCUT2D eigenvalue weighted by atomic mass is 10.1. The molecule has 0 radical (unpaired) electrons. The summed E-state index contributed by atoms with van der Waals surface area (Å²) in [6.45, 7) is 1.79. The van der Waals surface area contributed by atoms with Crippen LogP contribution in [0, 0.1) is 6.92 Å². The van der Waals surface area contributed by atoms with Crippen LogP contribution in [0.15, 0.2) is 12.1 Å². The normalized spacial score (nSPS) is 12.3. The SMILES string of the molecule is COC(=O)C[C@H](O)c1ccc(C)nc1Cl. The van der Waals surface area contributed by atoms with E-state index in [0.717, 1.165) is 5.69 Å². The number of esters is 1. The molecule has 0 saturated heterocycles. The minimum atomic E-state index is -0.974. The molecule has 0 unspecified atom stereocenters. The molecule has 5 heteroatoms. The van der Waals surface area contributed by atoms with Crippen LogP contribution in [0.2, 0.25) is 5.15 Å². The Morgan fingerprint density at radius 2 is 2.33 bits per heavy atom. The van der Waals surface area contributed by atoms with Crippen LogP contribution in [-0.4, -0.2) is 23.2 Å². The number of carbonyl (C=O) groups is 1. The second-order valence-corrected chi connectivity index (χ2v) is 3.49. The van der Waals surface area contributed by atoms with E-state index < -0.39 is 12.1 Å². The van der Waals surface area contributed by atoms with Gasteiger partial charge >= 0.3 is 5.97 Å². The average molecular weight is 230 g/mol. The van der Waals surface area contributed by atoms with Gasteiger partial charge in [-0.05, 0) is 13.0 Å². The highest BCUT2D eigenvalue weighted by atomic mass is 35.5. The van der Waals surface area contributed by atoms with Gasteiger partial charge in [-0.1, -0.05) is 17.7 Å². The van der Waals surface area contributed by atoms with Crippen molar-refractivity contribution < 1.29 is 14.6 Å². The molecule has 0 saturated carbocycles. The van der Waals surface area contributed by atoms with Gasteiger partial charge in [-0.15, -0.1) is 0 Å². The van der Waals surface area contributed by atoms with E-state index in [4.69, 9.17) is 11.6 Å². The van der Waals surface area contributed by atoms with Crippen molar-refractivity contribution in [3.8, 4) is 0 Å². The van der Waals surface area contributed by atoms with Crippen LogP contribution in [0.4, 0.5) is 0 Å². The predicted molar refractivity (Wildman–Crippen MR) is 55.6 cm³/mol. The van der Waals surface area contributed by atoms with Crippen LogP contribution in [0.5, 0.6) is 0 Å². The molecule has 1 aromatic rings. The Bertz CT molecular complexity index is 368. The zero-order valence-electron chi connectivity index (χ0n) is 8.53. The molecular formula is C10H12ClNO3. The zero-order valence-corrected chi connectivity index (χ0v) is 9.28. The summed E-state index contributed by atoms with van der Waals surface area (Å²) in [7, 11) is 1.27. The molecule has 0 aliphatic carbocycles. The number of hydrogen-bond acceptors (Lipinski definition) is 4. The summed E-state index contributed by atoms with van der Waals surface area (Å²) in [5.41, 5.74) is 1.20. The van der Waals surface area contributed by atoms with Gasteiger partial charge in [0.15, 0.2) is 0 Å². The fraction of sp³-hybridized carbons (Fsp3) is 0.400. The first kappa shape index (κ1) is 11.9. The van der Waals surface area contributed by atoms with Gasteiger partial charge in [-0.3, -0.25) is 4.79 Å². The van der Waals surface area contributed by atoms with E-state index in [1.165, 1.54) is 7.11 Å². The molecule has 0 aromatic carbocycles. The van der Waals surface area contributed by atoms with Crippen molar-refractivity contribution in [2.45, 2.75) is 19.4 Å². The smallest absolute Gasteiger partial charge is 0.308 e. The molecule has 0 bridgehead atoms. The number of aliphatic hydroxyl groups is 1. The van der Waals surface area contributed by atoms with Crippen molar-refractivity contribution in [3.63, 3.8) is 0 Å². The Hall–Kier alpha value is -1.13. The minimum absolute atomic E-state index is 0.124. The Balaban J connectivity index is 2.82. The number of aromatic nitrogens is 1. The summed E-state index contributed by atoms with van der Waals surface area (Å²) in [5, 5.41) is 9.88. The van der Waals surface area contributed by atoms with Crippen LogP contribution in [0.3, 0.4) is 0 Å². The van der Waals surface area contributed by atoms with E-state index >= 15 is 0 Å². The highest BCUT2D eigenvalue weighted by Crippen LogP contribution is 2.23. The van der Waals surface area contributed by atoms with E-state index in [1.54, 1.807) is 19.1 Å². The average Bonchev–Trinajstić information content (AvgIpc) is 2.17. The highest BCUT2D eigenvalue weighted by Gasteiger charge is 2.16. The number of aliphatic hydroxyl groups excluding tert-OH is 1. The first-order valence-corrected chi connectivity index (χ1v) is 4.80. The molecule has 1 atom stereocenters. The molecule has 1 N–H and O–H groups in total. The molecule has 0 amide bonds. The standard InChI is InChI=1S/C10H12ClNO3/c1-6-3-4-7(10(11)12-6)8(13)5-9(14)15-2/h3-4,8,13H,5H2,1-2H3/t8-/m0/s1. The van der Waals surface area contributed by atoms with Crippen LogP contribution in [0.1, 0.15) is 23.8 Å². The van der Waals surface area contributed by atoms with Gasteiger partial charge in [0.1, 0.15) is 5.15 Å². The quantitative estimate of drug-likeness (QED) is 0.632. The molecule has 1 aromatic heterocycles. The number of halogens is 1. The van der Waals surface area contributed by atoms with E-state index in [-0.39, 0.29) is 11.6 Å². The van der Waals surface area contributed by atoms with Gasteiger partial charge in [0.05, 0.1) is 19.6 Å².